The van der Waals surface area contributed by atoms with Gasteiger partial charge in [0, 0.05) is 0 Å². The van der Waals surface area contributed by atoms with Crippen molar-refractivity contribution in [3.05, 3.63) is 0 Å². The molecule has 2 heteroatoms. The van der Waals surface area contributed by atoms with E-state index in [1.807, 2.05) is 0 Å². The number of rotatable bonds is 16. The molecule has 0 aromatic heterocycles. The van der Waals surface area contributed by atoms with E-state index in [0.717, 1.165) is 0 Å². The Balaban J connectivity index is 0. The Labute approximate surface area is 141 Å². The summed E-state index contributed by atoms with van der Waals surface area (Å²) in [6, 6.07) is 0. The van der Waals surface area contributed by atoms with Gasteiger partial charge in [-0.15, -0.1) is 0 Å². The van der Waals surface area contributed by atoms with E-state index < -0.39 is 0 Å². The van der Waals surface area contributed by atoms with Crippen LogP contribution in [0.25, 0.3) is 0 Å². The minimum atomic E-state index is 0. The van der Waals surface area contributed by atoms with Crippen LogP contribution in [0.2, 0.25) is 0 Å². The lowest BCUT2D eigenvalue weighted by Crippen LogP contribution is -2.49. The number of quaternary nitrogens is 1. The maximum absolute atomic E-state index is 2.40. The summed E-state index contributed by atoms with van der Waals surface area (Å²) < 4.78 is 1.38. The quantitative estimate of drug-likeness (QED) is 0.240. The van der Waals surface area contributed by atoms with E-state index in [4.69, 9.17) is 0 Å². The van der Waals surface area contributed by atoms with Crippen LogP contribution in [-0.2, 0) is 0 Å². The second-order valence-electron chi connectivity index (χ2n) is 6.96. The van der Waals surface area contributed by atoms with Gasteiger partial charge in [-0.3, -0.25) is 0 Å². The molecule has 0 saturated heterocycles. The first-order valence-electron chi connectivity index (χ1n) is 10.1. The van der Waals surface area contributed by atoms with Crippen LogP contribution in [0.1, 0.15) is 105 Å². The number of hydrogen-bond donors (Lipinski definition) is 0. The summed E-state index contributed by atoms with van der Waals surface area (Å²) in [4.78, 5) is 0. The van der Waals surface area contributed by atoms with Crippen molar-refractivity contribution in [1.29, 1.82) is 0 Å². The topological polar surface area (TPSA) is 30.0 Å². The maximum atomic E-state index is 2.40. The van der Waals surface area contributed by atoms with E-state index in [2.05, 4.69) is 27.7 Å². The maximum Gasteiger partial charge on any atom is 0.0786 e. The van der Waals surface area contributed by atoms with Crippen molar-refractivity contribution in [3.8, 4) is 0 Å². The van der Waals surface area contributed by atoms with Gasteiger partial charge in [-0.25, -0.2) is 0 Å². The predicted molar refractivity (Wildman–Crippen MR) is 99.8 cm³/mol. The molecule has 0 aromatic rings. The number of nitrogens with zero attached hydrogens (tertiary/aromatic N) is 1. The summed E-state index contributed by atoms with van der Waals surface area (Å²) in [5.41, 5.74) is 0. The zero-order valence-corrected chi connectivity index (χ0v) is 16.2. The van der Waals surface area contributed by atoms with Crippen LogP contribution in [0.3, 0.4) is 0 Å². The minimum absolute atomic E-state index is 0. The zero-order valence-electron chi connectivity index (χ0n) is 16.2. The normalized spacial score (nSPS) is 11.5. The van der Waals surface area contributed by atoms with Crippen molar-refractivity contribution in [2.45, 2.75) is 105 Å². The highest BCUT2D eigenvalue weighted by Gasteiger charge is 2.21. The van der Waals surface area contributed by atoms with Crippen LogP contribution in [0.15, 0.2) is 0 Å². The largest absolute Gasteiger partial charge is 0.870 e. The van der Waals surface area contributed by atoms with Crippen LogP contribution in [0, 0.1) is 0 Å². The standard InChI is InChI=1S/C20H44N.H2O/c1-5-9-11-13-15-17-19-21(7-3,8-4)20-18-16-14-12-10-6-2;/h5-20H2,1-4H3;1H2/q+1;/p-1. The van der Waals surface area contributed by atoms with Crippen LogP contribution in [0.5, 0.6) is 0 Å². The first kappa shape index (κ1) is 24.2. The summed E-state index contributed by atoms with van der Waals surface area (Å²) in [7, 11) is 0. The smallest absolute Gasteiger partial charge is 0.0786 e. The Hall–Kier alpha value is -0.0800. The summed E-state index contributed by atoms with van der Waals surface area (Å²) in [6.07, 6.45) is 17.2. The highest BCUT2D eigenvalue weighted by Crippen LogP contribution is 2.15. The Morgan fingerprint density at radius 3 is 1.09 bits per heavy atom. The number of hydrogen-bond acceptors (Lipinski definition) is 1. The third-order valence-corrected chi connectivity index (χ3v) is 5.31. The average molecular weight is 316 g/mol. The molecule has 0 rings (SSSR count). The van der Waals surface area contributed by atoms with E-state index in [9.17, 15) is 0 Å². The van der Waals surface area contributed by atoms with Gasteiger partial charge in [-0.05, 0) is 39.5 Å². The van der Waals surface area contributed by atoms with Gasteiger partial charge in [0.25, 0.3) is 0 Å². The summed E-state index contributed by atoms with van der Waals surface area (Å²) in [5, 5.41) is 0. The van der Waals surface area contributed by atoms with Gasteiger partial charge in [0.15, 0.2) is 0 Å². The average Bonchev–Trinajstić information content (AvgIpc) is 2.52. The predicted octanol–water partition coefficient (Wildman–Crippen LogP) is 6.39. The molecule has 136 valence electrons. The third kappa shape index (κ3) is 12.5. The molecule has 0 spiro atoms. The van der Waals surface area contributed by atoms with Crippen LogP contribution >= 0.6 is 0 Å². The third-order valence-electron chi connectivity index (χ3n) is 5.31. The molecule has 0 unspecified atom stereocenters. The van der Waals surface area contributed by atoms with E-state index in [1.165, 1.54) is 108 Å². The zero-order chi connectivity index (χ0) is 15.8. The molecule has 0 heterocycles. The molecule has 0 amide bonds. The van der Waals surface area contributed by atoms with Crippen LogP contribution in [0.4, 0.5) is 0 Å². The lowest BCUT2D eigenvalue weighted by molar-refractivity contribution is -0.925. The fraction of sp³-hybridized carbons (Fsp3) is 1.00. The van der Waals surface area contributed by atoms with Crippen molar-refractivity contribution in [2.24, 2.45) is 0 Å². The monoisotopic (exact) mass is 315 g/mol. The molecule has 0 fully saturated rings. The molecule has 0 aliphatic heterocycles. The highest BCUT2D eigenvalue weighted by atomic mass is 16.0. The Morgan fingerprint density at radius 2 is 0.773 bits per heavy atom. The molecule has 0 aromatic carbocycles. The summed E-state index contributed by atoms with van der Waals surface area (Å²) >= 11 is 0. The first-order valence-corrected chi connectivity index (χ1v) is 10.1. The fourth-order valence-corrected chi connectivity index (χ4v) is 3.42. The van der Waals surface area contributed by atoms with Gasteiger partial charge in [-0.2, -0.15) is 0 Å². The molecule has 1 N–H and O–H groups in total. The van der Waals surface area contributed by atoms with Crippen molar-refractivity contribution >= 4 is 0 Å². The van der Waals surface area contributed by atoms with Gasteiger partial charge >= 0.3 is 0 Å². The van der Waals surface area contributed by atoms with Gasteiger partial charge in [0.05, 0.1) is 26.2 Å². The highest BCUT2D eigenvalue weighted by molar-refractivity contribution is 4.49. The Kier molecular flexibility index (Phi) is 19.0. The fourth-order valence-electron chi connectivity index (χ4n) is 3.42. The Morgan fingerprint density at radius 1 is 0.455 bits per heavy atom. The first-order chi connectivity index (χ1) is 10.2. The van der Waals surface area contributed by atoms with Crippen molar-refractivity contribution in [3.63, 3.8) is 0 Å². The van der Waals surface area contributed by atoms with E-state index in [1.54, 1.807) is 0 Å². The van der Waals surface area contributed by atoms with Crippen molar-refractivity contribution in [1.82, 2.24) is 0 Å². The molecule has 0 atom stereocenters. The molecule has 22 heavy (non-hydrogen) atoms. The van der Waals surface area contributed by atoms with E-state index in [0.29, 0.717) is 0 Å². The summed E-state index contributed by atoms with van der Waals surface area (Å²) in [5.74, 6) is 0. The van der Waals surface area contributed by atoms with Gasteiger partial charge in [-0.1, -0.05) is 65.2 Å². The molecular formula is C20H45NO. The van der Waals surface area contributed by atoms with Gasteiger partial charge in [0.2, 0.25) is 0 Å². The summed E-state index contributed by atoms with van der Waals surface area (Å²) in [6.45, 7) is 14.9. The lowest BCUT2D eigenvalue weighted by atomic mass is 10.1. The van der Waals surface area contributed by atoms with E-state index >= 15 is 0 Å². The second-order valence-corrected chi connectivity index (χ2v) is 6.96. The van der Waals surface area contributed by atoms with Crippen molar-refractivity contribution in [2.75, 3.05) is 26.2 Å². The van der Waals surface area contributed by atoms with Gasteiger partial charge in [0.1, 0.15) is 0 Å². The second kappa shape index (κ2) is 17.3. The van der Waals surface area contributed by atoms with Crippen LogP contribution in [-0.4, -0.2) is 36.1 Å². The molecule has 0 bridgehead atoms. The minimum Gasteiger partial charge on any atom is -0.870 e. The van der Waals surface area contributed by atoms with Crippen LogP contribution < -0.4 is 0 Å². The Bertz CT molecular complexity index is 184. The van der Waals surface area contributed by atoms with Crippen molar-refractivity contribution < 1.29 is 9.96 Å². The van der Waals surface area contributed by atoms with Gasteiger partial charge < -0.3 is 9.96 Å². The van der Waals surface area contributed by atoms with E-state index in [-0.39, 0.29) is 5.48 Å². The molecule has 0 aliphatic rings. The number of unbranched alkanes of at least 4 members (excludes halogenated alkanes) is 10. The molecular weight excluding hydrogens is 270 g/mol. The lowest BCUT2D eigenvalue weighted by Gasteiger charge is -2.37. The molecule has 0 radical (unpaired) electrons. The SMILES string of the molecule is CCCCCCCC[N+](CC)(CC)CCCCCCCC.[OH-]. The molecule has 2 nitrogen and oxygen atoms in total. The molecule has 0 saturated carbocycles. The molecule has 0 aliphatic carbocycles.